The number of hydrogen-bond donors (Lipinski definition) is 1. The van der Waals surface area contributed by atoms with Gasteiger partial charge in [0.25, 0.3) is 0 Å². The molecule has 5 heteroatoms. The first-order valence-corrected chi connectivity index (χ1v) is 5.24. The fourth-order valence-electron chi connectivity index (χ4n) is 1.70. The molecular weight excluding hydrogens is 224 g/mol. The number of rotatable bonds is 1. The van der Waals surface area contributed by atoms with Crippen LogP contribution in [-0.4, -0.2) is 19.5 Å². The first-order valence-electron chi connectivity index (χ1n) is 4.86. The Morgan fingerprint density at radius 1 is 1.38 bits per heavy atom. The highest BCUT2D eigenvalue weighted by Gasteiger charge is 2.09. The van der Waals surface area contributed by atoms with E-state index in [4.69, 9.17) is 11.6 Å². The third-order valence-corrected chi connectivity index (χ3v) is 2.83. The smallest absolute Gasteiger partial charge is 0.156 e. The van der Waals surface area contributed by atoms with Crippen LogP contribution in [0.25, 0.3) is 22.6 Å². The van der Waals surface area contributed by atoms with Gasteiger partial charge in [0, 0.05) is 7.05 Å². The van der Waals surface area contributed by atoms with Crippen molar-refractivity contribution in [2.45, 2.75) is 0 Å². The van der Waals surface area contributed by atoms with Gasteiger partial charge in [0.05, 0.1) is 23.1 Å². The molecule has 0 radical (unpaired) electrons. The highest BCUT2D eigenvalue weighted by molar-refractivity contribution is 6.34. The Balaban J connectivity index is 2.27. The van der Waals surface area contributed by atoms with Crippen LogP contribution < -0.4 is 0 Å². The van der Waals surface area contributed by atoms with Crippen molar-refractivity contribution in [1.82, 2.24) is 19.5 Å². The van der Waals surface area contributed by atoms with Gasteiger partial charge in [-0.3, -0.25) is 0 Å². The van der Waals surface area contributed by atoms with E-state index in [-0.39, 0.29) is 0 Å². The van der Waals surface area contributed by atoms with Crippen LogP contribution in [0.1, 0.15) is 0 Å². The summed E-state index contributed by atoms with van der Waals surface area (Å²) in [6, 6.07) is 5.68. The molecule has 0 fully saturated rings. The SMILES string of the molecule is Cn1cncc1-c1nc2c(Cl)cccc2[nH]1. The summed E-state index contributed by atoms with van der Waals surface area (Å²) in [5.74, 6) is 0.781. The quantitative estimate of drug-likeness (QED) is 0.701. The van der Waals surface area contributed by atoms with Crippen molar-refractivity contribution in [3.8, 4) is 11.5 Å². The summed E-state index contributed by atoms with van der Waals surface area (Å²) in [4.78, 5) is 11.8. The van der Waals surface area contributed by atoms with Gasteiger partial charge in [-0.25, -0.2) is 9.97 Å². The second kappa shape index (κ2) is 3.35. The van der Waals surface area contributed by atoms with Crippen LogP contribution in [0.2, 0.25) is 5.02 Å². The minimum atomic E-state index is 0.655. The zero-order valence-corrected chi connectivity index (χ0v) is 9.36. The number of imidazole rings is 2. The molecule has 0 aliphatic heterocycles. The number of nitrogens with zero attached hydrogens (tertiary/aromatic N) is 3. The van der Waals surface area contributed by atoms with E-state index in [0.29, 0.717) is 5.02 Å². The molecule has 2 aromatic heterocycles. The zero-order chi connectivity index (χ0) is 11.1. The summed E-state index contributed by atoms with van der Waals surface area (Å²) in [6.07, 6.45) is 3.51. The molecule has 0 bridgehead atoms. The van der Waals surface area contributed by atoms with Crippen molar-refractivity contribution in [2.24, 2.45) is 7.05 Å². The fourth-order valence-corrected chi connectivity index (χ4v) is 1.92. The molecule has 0 saturated heterocycles. The van der Waals surface area contributed by atoms with Crippen molar-refractivity contribution in [3.63, 3.8) is 0 Å². The molecule has 1 aromatic carbocycles. The molecule has 0 unspecified atom stereocenters. The molecular formula is C11H9ClN4. The molecule has 0 aliphatic rings. The standard InChI is InChI=1S/C11H9ClN4/c1-16-6-13-5-9(16)11-14-8-4-2-3-7(12)10(8)15-11/h2-6H,1H3,(H,14,15). The molecule has 80 valence electrons. The third-order valence-electron chi connectivity index (χ3n) is 2.52. The normalized spacial score (nSPS) is 11.1. The number of para-hydroxylation sites is 1. The Morgan fingerprint density at radius 3 is 2.94 bits per heavy atom. The van der Waals surface area contributed by atoms with Gasteiger partial charge < -0.3 is 9.55 Å². The first-order chi connectivity index (χ1) is 7.75. The van der Waals surface area contributed by atoms with Crippen molar-refractivity contribution >= 4 is 22.6 Å². The van der Waals surface area contributed by atoms with E-state index in [0.717, 1.165) is 22.6 Å². The van der Waals surface area contributed by atoms with E-state index >= 15 is 0 Å². The number of hydrogen-bond acceptors (Lipinski definition) is 2. The summed E-state index contributed by atoms with van der Waals surface area (Å²) in [5, 5.41) is 0.655. The Kier molecular flexibility index (Phi) is 1.97. The van der Waals surface area contributed by atoms with Gasteiger partial charge in [-0.15, -0.1) is 0 Å². The summed E-state index contributed by atoms with van der Waals surface area (Å²) >= 11 is 6.07. The molecule has 0 aliphatic carbocycles. The molecule has 16 heavy (non-hydrogen) atoms. The predicted octanol–water partition coefficient (Wildman–Crippen LogP) is 2.62. The van der Waals surface area contributed by atoms with Gasteiger partial charge in [0.1, 0.15) is 11.2 Å². The van der Waals surface area contributed by atoms with Crippen LogP contribution in [0, 0.1) is 0 Å². The maximum Gasteiger partial charge on any atom is 0.156 e. The van der Waals surface area contributed by atoms with Gasteiger partial charge in [0.2, 0.25) is 0 Å². The van der Waals surface area contributed by atoms with Crippen LogP contribution in [0.5, 0.6) is 0 Å². The average Bonchev–Trinajstić information content (AvgIpc) is 2.84. The predicted molar refractivity (Wildman–Crippen MR) is 63.3 cm³/mol. The Morgan fingerprint density at radius 2 is 2.25 bits per heavy atom. The average molecular weight is 233 g/mol. The summed E-state index contributed by atoms with van der Waals surface area (Å²) in [7, 11) is 1.93. The van der Waals surface area contributed by atoms with Crippen molar-refractivity contribution in [2.75, 3.05) is 0 Å². The first kappa shape index (κ1) is 9.42. The third kappa shape index (κ3) is 1.31. The lowest BCUT2D eigenvalue weighted by atomic mass is 10.3. The van der Waals surface area contributed by atoms with Gasteiger partial charge in [-0.05, 0) is 12.1 Å². The largest absolute Gasteiger partial charge is 0.337 e. The second-order valence-electron chi connectivity index (χ2n) is 3.61. The molecule has 0 saturated carbocycles. The van der Waals surface area contributed by atoms with E-state index in [1.807, 2.05) is 29.8 Å². The van der Waals surface area contributed by atoms with E-state index in [9.17, 15) is 0 Å². The van der Waals surface area contributed by atoms with Crippen LogP contribution >= 0.6 is 11.6 Å². The van der Waals surface area contributed by atoms with Crippen LogP contribution in [0.15, 0.2) is 30.7 Å². The van der Waals surface area contributed by atoms with E-state index in [2.05, 4.69) is 15.0 Å². The summed E-state index contributed by atoms with van der Waals surface area (Å²) < 4.78 is 1.91. The minimum Gasteiger partial charge on any atom is -0.337 e. The lowest BCUT2D eigenvalue weighted by Crippen LogP contribution is -1.90. The van der Waals surface area contributed by atoms with E-state index < -0.39 is 0 Å². The Bertz CT molecular complexity index is 653. The monoisotopic (exact) mass is 232 g/mol. The number of benzene rings is 1. The van der Waals surface area contributed by atoms with Gasteiger partial charge in [0.15, 0.2) is 5.82 Å². The van der Waals surface area contributed by atoms with Crippen LogP contribution in [0.3, 0.4) is 0 Å². The Labute approximate surface area is 96.9 Å². The summed E-state index contributed by atoms with van der Waals surface area (Å²) in [5.41, 5.74) is 2.66. The zero-order valence-electron chi connectivity index (χ0n) is 8.61. The molecule has 0 amide bonds. The van der Waals surface area contributed by atoms with Crippen molar-refractivity contribution in [3.05, 3.63) is 35.7 Å². The van der Waals surface area contributed by atoms with Crippen molar-refractivity contribution in [1.29, 1.82) is 0 Å². The molecule has 0 atom stereocenters. The topological polar surface area (TPSA) is 46.5 Å². The number of aromatic nitrogens is 4. The van der Waals surface area contributed by atoms with E-state index in [1.165, 1.54) is 0 Å². The van der Waals surface area contributed by atoms with E-state index in [1.54, 1.807) is 12.5 Å². The van der Waals surface area contributed by atoms with Gasteiger partial charge in [-0.2, -0.15) is 0 Å². The Hall–Kier alpha value is -1.81. The lowest BCUT2D eigenvalue weighted by Gasteiger charge is -1.95. The number of aryl methyl sites for hydroxylation is 1. The molecule has 0 spiro atoms. The van der Waals surface area contributed by atoms with Crippen LogP contribution in [0.4, 0.5) is 0 Å². The minimum absolute atomic E-state index is 0.655. The number of aromatic amines is 1. The second-order valence-corrected chi connectivity index (χ2v) is 4.02. The number of nitrogens with one attached hydrogen (secondary N) is 1. The molecule has 1 N–H and O–H groups in total. The maximum absolute atomic E-state index is 6.07. The summed E-state index contributed by atoms with van der Waals surface area (Å²) in [6.45, 7) is 0. The molecule has 2 heterocycles. The lowest BCUT2D eigenvalue weighted by molar-refractivity contribution is 0.913. The maximum atomic E-state index is 6.07. The molecule has 4 nitrogen and oxygen atoms in total. The van der Waals surface area contributed by atoms with Crippen LogP contribution in [-0.2, 0) is 7.05 Å². The van der Waals surface area contributed by atoms with Gasteiger partial charge in [-0.1, -0.05) is 17.7 Å². The highest BCUT2D eigenvalue weighted by atomic mass is 35.5. The highest BCUT2D eigenvalue weighted by Crippen LogP contribution is 2.24. The van der Waals surface area contributed by atoms with Crippen molar-refractivity contribution < 1.29 is 0 Å². The number of H-pyrrole nitrogens is 1. The van der Waals surface area contributed by atoms with Gasteiger partial charge >= 0.3 is 0 Å². The molecule has 3 aromatic rings. The molecule has 3 rings (SSSR count). The number of halogens is 1. The fraction of sp³-hybridized carbons (Fsp3) is 0.0909. The number of fused-ring (bicyclic) bond motifs is 1.